The van der Waals surface area contributed by atoms with Crippen LogP contribution in [0.2, 0.25) is 0 Å². The molecule has 0 radical (unpaired) electrons. The van der Waals surface area contributed by atoms with E-state index in [1.165, 1.54) is 0 Å². The van der Waals surface area contributed by atoms with Gasteiger partial charge in [0.15, 0.2) is 0 Å². The van der Waals surface area contributed by atoms with Gasteiger partial charge in [-0.15, -0.1) is 0 Å². The molecule has 0 aliphatic carbocycles. The molecule has 7 nitrogen and oxygen atoms in total. The maximum Gasteiger partial charge on any atom is 0.344 e. The van der Waals surface area contributed by atoms with Crippen LogP contribution in [0.25, 0.3) is 0 Å². The van der Waals surface area contributed by atoms with Gasteiger partial charge in [0.1, 0.15) is 5.54 Å². The van der Waals surface area contributed by atoms with Crippen molar-refractivity contribution >= 4 is 17.8 Å². The number of hydrogen-bond donors (Lipinski definition) is 2. The highest BCUT2D eigenvalue weighted by molar-refractivity contribution is 6.09. The molecule has 0 aromatic heterocycles. The molecule has 2 aromatic carbocycles. The molecule has 27 heavy (non-hydrogen) atoms. The normalized spacial score (nSPS) is 19.1. The van der Waals surface area contributed by atoms with Crippen molar-refractivity contribution in [1.82, 2.24) is 15.8 Å². The molecule has 7 heteroatoms. The van der Waals surface area contributed by atoms with E-state index < -0.39 is 23.4 Å². The first kappa shape index (κ1) is 18.6. The molecular formula is C20H21N3O4. The van der Waals surface area contributed by atoms with E-state index in [1.54, 1.807) is 49.6 Å². The van der Waals surface area contributed by atoms with E-state index in [2.05, 4.69) is 10.7 Å². The summed E-state index contributed by atoms with van der Waals surface area (Å²) in [5.41, 5.74) is 3.04. The number of rotatable bonds is 6. The number of urea groups is 1. The first-order chi connectivity index (χ1) is 13.0. The van der Waals surface area contributed by atoms with Gasteiger partial charge in [-0.3, -0.25) is 15.0 Å². The lowest BCUT2D eigenvalue weighted by atomic mass is 9.87. The van der Waals surface area contributed by atoms with Crippen LogP contribution in [0.4, 0.5) is 4.79 Å². The Bertz CT molecular complexity index is 869. The Morgan fingerprint density at radius 1 is 1.15 bits per heavy atom. The Morgan fingerprint density at radius 3 is 2.56 bits per heavy atom. The molecule has 1 atom stereocenters. The minimum absolute atomic E-state index is 0.332. The van der Waals surface area contributed by atoms with E-state index in [9.17, 15) is 14.4 Å². The zero-order valence-electron chi connectivity index (χ0n) is 15.2. The maximum absolute atomic E-state index is 13.0. The number of carbonyl (C=O) groups is 3. The van der Waals surface area contributed by atoms with E-state index in [4.69, 9.17) is 4.74 Å². The van der Waals surface area contributed by atoms with Gasteiger partial charge in [0.05, 0.1) is 6.61 Å². The molecule has 0 saturated carbocycles. The molecule has 0 bridgehead atoms. The molecule has 4 amide bonds. The lowest BCUT2D eigenvalue weighted by molar-refractivity contribution is -0.133. The summed E-state index contributed by atoms with van der Waals surface area (Å²) in [7, 11) is 1.56. The lowest BCUT2D eigenvalue weighted by Crippen LogP contribution is -2.48. The molecule has 1 fully saturated rings. The summed E-state index contributed by atoms with van der Waals surface area (Å²) in [5.74, 6) is -1.06. The van der Waals surface area contributed by atoms with Crippen LogP contribution in [-0.2, 0) is 21.7 Å². The van der Waals surface area contributed by atoms with Gasteiger partial charge in [-0.25, -0.2) is 4.79 Å². The summed E-state index contributed by atoms with van der Waals surface area (Å²) in [5, 5.41) is 3.48. The predicted molar refractivity (Wildman–Crippen MR) is 98.4 cm³/mol. The Balaban J connectivity index is 1.83. The highest BCUT2D eigenvalue weighted by atomic mass is 16.5. The molecule has 1 saturated heterocycles. The molecule has 140 valence electrons. The SMILES string of the molecule is CC[C@]1(c2ccccc2)NC(=O)N(NC(=O)c2cccc(COC)c2)C1=O. The van der Waals surface area contributed by atoms with E-state index in [0.717, 1.165) is 10.6 Å². The number of nitrogens with zero attached hydrogens (tertiary/aromatic N) is 1. The minimum Gasteiger partial charge on any atom is -0.380 e. The number of ether oxygens (including phenoxy) is 1. The first-order valence-corrected chi connectivity index (χ1v) is 8.63. The number of hydrogen-bond acceptors (Lipinski definition) is 4. The number of nitrogens with one attached hydrogen (secondary N) is 2. The molecule has 2 aromatic rings. The minimum atomic E-state index is -1.19. The quantitative estimate of drug-likeness (QED) is 0.767. The number of hydrazine groups is 1. The number of methoxy groups -OCH3 is 1. The predicted octanol–water partition coefficient (Wildman–Crippen LogP) is 2.34. The summed E-state index contributed by atoms with van der Waals surface area (Å²) in [6, 6.07) is 15.1. The van der Waals surface area contributed by atoms with Gasteiger partial charge in [-0.1, -0.05) is 49.4 Å². The van der Waals surface area contributed by atoms with Crippen molar-refractivity contribution in [3.63, 3.8) is 0 Å². The monoisotopic (exact) mass is 367 g/mol. The van der Waals surface area contributed by atoms with Crippen molar-refractivity contribution in [2.24, 2.45) is 0 Å². The van der Waals surface area contributed by atoms with Crippen LogP contribution >= 0.6 is 0 Å². The summed E-state index contributed by atoms with van der Waals surface area (Å²) in [6.07, 6.45) is 0.358. The standard InChI is InChI=1S/C20H21N3O4/c1-3-20(16-10-5-4-6-11-16)18(25)23(19(26)21-20)22-17(24)15-9-7-8-14(12-15)13-27-2/h4-12H,3,13H2,1-2H3,(H,21,26)(H,22,24)/t20-/m1/s1. The van der Waals surface area contributed by atoms with Gasteiger partial charge in [0.2, 0.25) is 0 Å². The fourth-order valence-electron chi connectivity index (χ4n) is 3.17. The van der Waals surface area contributed by atoms with E-state index in [0.29, 0.717) is 24.2 Å². The second kappa shape index (κ2) is 7.59. The van der Waals surface area contributed by atoms with Gasteiger partial charge in [0, 0.05) is 12.7 Å². The van der Waals surface area contributed by atoms with Crippen LogP contribution in [-0.4, -0.2) is 30.0 Å². The molecule has 2 N–H and O–H groups in total. The van der Waals surface area contributed by atoms with Crippen LogP contribution < -0.4 is 10.7 Å². The molecule has 1 heterocycles. The van der Waals surface area contributed by atoms with Crippen molar-refractivity contribution in [3.8, 4) is 0 Å². The van der Waals surface area contributed by atoms with Gasteiger partial charge in [0.25, 0.3) is 11.8 Å². The third-order valence-corrected chi connectivity index (χ3v) is 4.60. The number of imide groups is 1. The zero-order chi connectivity index (χ0) is 19.4. The number of amides is 4. The average molecular weight is 367 g/mol. The first-order valence-electron chi connectivity index (χ1n) is 8.63. The van der Waals surface area contributed by atoms with Crippen LogP contribution in [0.5, 0.6) is 0 Å². The molecule has 0 unspecified atom stereocenters. The Kier molecular flexibility index (Phi) is 5.23. The number of carbonyl (C=O) groups excluding carboxylic acids is 3. The van der Waals surface area contributed by atoms with Crippen LogP contribution in [0.3, 0.4) is 0 Å². The number of benzene rings is 2. The van der Waals surface area contributed by atoms with Gasteiger partial charge < -0.3 is 10.1 Å². The van der Waals surface area contributed by atoms with E-state index in [1.807, 2.05) is 19.1 Å². The smallest absolute Gasteiger partial charge is 0.344 e. The maximum atomic E-state index is 13.0. The van der Waals surface area contributed by atoms with Crippen molar-refractivity contribution in [2.75, 3.05) is 7.11 Å². The molecule has 0 spiro atoms. The fourth-order valence-corrected chi connectivity index (χ4v) is 3.17. The lowest BCUT2D eigenvalue weighted by Gasteiger charge is -2.25. The Morgan fingerprint density at radius 2 is 1.89 bits per heavy atom. The average Bonchev–Trinajstić information content (AvgIpc) is 2.94. The Labute approximate surface area is 157 Å². The molecule has 3 rings (SSSR count). The summed E-state index contributed by atoms with van der Waals surface area (Å²) < 4.78 is 5.06. The molecular weight excluding hydrogens is 346 g/mol. The second-order valence-electron chi connectivity index (χ2n) is 6.27. The van der Waals surface area contributed by atoms with Crippen molar-refractivity contribution in [3.05, 3.63) is 71.3 Å². The summed E-state index contributed by atoms with van der Waals surface area (Å²) in [6.45, 7) is 2.17. The molecule has 1 aliphatic heterocycles. The van der Waals surface area contributed by atoms with Gasteiger partial charge in [-0.05, 0) is 29.7 Å². The van der Waals surface area contributed by atoms with Gasteiger partial charge in [-0.2, -0.15) is 5.01 Å². The van der Waals surface area contributed by atoms with Crippen molar-refractivity contribution in [1.29, 1.82) is 0 Å². The van der Waals surface area contributed by atoms with Crippen molar-refractivity contribution in [2.45, 2.75) is 25.5 Å². The van der Waals surface area contributed by atoms with E-state index in [-0.39, 0.29) is 0 Å². The fraction of sp³-hybridized carbons (Fsp3) is 0.250. The van der Waals surface area contributed by atoms with Gasteiger partial charge >= 0.3 is 6.03 Å². The highest BCUT2D eigenvalue weighted by Crippen LogP contribution is 2.31. The molecule has 1 aliphatic rings. The zero-order valence-corrected chi connectivity index (χ0v) is 15.2. The summed E-state index contributed by atoms with van der Waals surface area (Å²) in [4.78, 5) is 38.0. The Hall–Kier alpha value is -3.19. The van der Waals surface area contributed by atoms with Crippen LogP contribution in [0.15, 0.2) is 54.6 Å². The summed E-state index contributed by atoms with van der Waals surface area (Å²) >= 11 is 0. The van der Waals surface area contributed by atoms with Crippen LogP contribution in [0.1, 0.15) is 34.8 Å². The van der Waals surface area contributed by atoms with E-state index >= 15 is 0 Å². The second-order valence-corrected chi connectivity index (χ2v) is 6.27. The topological polar surface area (TPSA) is 87.7 Å². The third-order valence-electron chi connectivity index (χ3n) is 4.60. The third kappa shape index (κ3) is 3.41. The van der Waals surface area contributed by atoms with Crippen molar-refractivity contribution < 1.29 is 19.1 Å². The largest absolute Gasteiger partial charge is 0.380 e. The highest BCUT2D eigenvalue weighted by Gasteiger charge is 2.52. The van der Waals surface area contributed by atoms with Crippen LogP contribution in [0, 0.1) is 0 Å².